The fraction of sp³-hybridized carbons (Fsp3) is 0.167. The van der Waals surface area contributed by atoms with Gasteiger partial charge >= 0.3 is 0 Å². The molecule has 4 N–H and O–H groups in total. The molecule has 1 aliphatic heterocycles. The molecule has 32 heavy (non-hydrogen) atoms. The lowest BCUT2D eigenvalue weighted by atomic mass is 10.1. The number of benzene rings is 3. The molecule has 1 heterocycles. The van der Waals surface area contributed by atoms with Crippen molar-refractivity contribution >= 4 is 12.2 Å². The molecule has 0 radical (unpaired) electrons. The van der Waals surface area contributed by atoms with E-state index in [0.717, 1.165) is 5.56 Å². The molecule has 4 rings (SSSR count). The van der Waals surface area contributed by atoms with Crippen LogP contribution in [0.4, 0.5) is 0 Å². The summed E-state index contributed by atoms with van der Waals surface area (Å²) >= 11 is 0. The van der Waals surface area contributed by atoms with Crippen LogP contribution in [-0.2, 0) is 0 Å². The SMILES string of the molecule is COc1cc(C2Oc3cc(C=Cc4cc(O)cc(O)c4)ccc3OC2O)cc(OC)c1O. The van der Waals surface area contributed by atoms with Gasteiger partial charge in [0, 0.05) is 11.6 Å². The zero-order chi connectivity index (χ0) is 22.8. The van der Waals surface area contributed by atoms with Crippen molar-refractivity contribution < 1.29 is 39.4 Å². The quantitative estimate of drug-likeness (QED) is 0.444. The molecule has 1 aliphatic rings. The third-order valence-electron chi connectivity index (χ3n) is 4.95. The molecule has 0 saturated heterocycles. The van der Waals surface area contributed by atoms with E-state index >= 15 is 0 Å². The highest BCUT2D eigenvalue weighted by molar-refractivity contribution is 5.72. The second-order valence-corrected chi connectivity index (χ2v) is 7.14. The molecular weight excluding hydrogens is 416 g/mol. The summed E-state index contributed by atoms with van der Waals surface area (Å²) in [6.45, 7) is 0. The van der Waals surface area contributed by atoms with Gasteiger partial charge in [-0.05, 0) is 47.5 Å². The van der Waals surface area contributed by atoms with E-state index in [4.69, 9.17) is 18.9 Å². The maximum absolute atomic E-state index is 10.5. The van der Waals surface area contributed by atoms with E-state index in [9.17, 15) is 20.4 Å². The summed E-state index contributed by atoms with van der Waals surface area (Å²) in [7, 11) is 2.82. The lowest BCUT2D eigenvalue weighted by Gasteiger charge is -2.31. The third kappa shape index (κ3) is 4.21. The zero-order valence-electron chi connectivity index (χ0n) is 17.4. The number of hydrogen-bond donors (Lipinski definition) is 4. The zero-order valence-corrected chi connectivity index (χ0v) is 17.4. The van der Waals surface area contributed by atoms with Gasteiger partial charge in [0.15, 0.2) is 29.1 Å². The van der Waals surface area contributed by atoms with Crippen molar-refractivity contribution in [1.82, 2.24) is 0 Å². The van der Waals surface area contributed by atoms with Gasteiger partial charge in [-0.3, -0.25) is 0 Å². The van der Waals surface area contributed by atoms with Crippen molar-refractivity contribution in [3.63, 3.8) is 0 Å². The van der Waals surface area contributed by atoms with Gasteiger partial charge in [-0.15, -0.1) is 0 Å². The van der Waals surface area contributed by atoms with E-state index in [1.165, 1.54) is 44.6 Å². The number of phenolic OH excluding ortho intramolecular Hbond substituents is 3. The Hall–Kier alpha value is -4.04. The molecule has 0 fully saturated rings. The first-order valence-corrected chi connectivity index (χ1v) is 9.69. The van der Waals surface area contributed by atoms with Crippen molar-refractivity contribution in [3.05, 3.63) is 65.2 Å². The van der Waals surface area contributed by atoms with Crippen LogP contribution in [0.15, 0.2) is 48.5 Å². The van der Waals surface area contributed by atoms with Crippen LogP contribution >= 0.6 is 0 Å². The van der Waals surface area contributed by atoms with E-state index in [1.54, 1.807) is 30.4 Å². The summed E-state index contributed by atoms with van der Waals surface area (Å²) in [6, 6.07) is 12.6. The van der Waals surface area contributed by atoms with Gasteiger partial charge < -0.3 is 39.4 Å². The number of rotatable bonds is 5. The summed E-state index contributed by atoms with van der Waals surface area (Å²) in [5.41, 5.74) is 1.88. The third-order valence-corrected chi connectivity index (χ3v) is 4.95. The van der Waals surface area contributed by atoms with Crippen LogP contribution in [0.2, 0.25) is 0 Å². The topological polar surface area (TPSA) is 118 Å². The van der Waals surface area contributed by atoms with Crippen LogP contribution in [-0.4, -0.2) is 40.9 Å². The van der Waals surface area contributed by atoms with Crippen molar-refractivity contribution in [1.29, 1.82) is 0 Å². The van der Waals surface area contributed by atoms with Crippen molar-refractivity contribution in [3.8, 4) is 40.2 Å². The van der Waals surface area contributed by atoms with E-state index in [-0.39, 0.29) is 28.7 Å². The molecule has 0 aliphatic carbocycles. The second-order valence-electron chi connectivity index (χ2n) is 7.14. The molecule has 0 bridgehead atoms. The minimum Gasteiger partial charge on any atom is -0.508 e. The van der Waals surface area contributed by atoms with Crippen molar-refractivity contribution in [2.75, 3.05) is 14.2 Å². The lowest BCUT2D eigenvalue weighted by molar-refractivity contribution is -0.115. The molecule has 0 amide bonds. The Morgan fingerprint density at radius 2 is 1.38 bits per heavy atom. The maximum atomic E-state index is 10.5. The number of aliphatic hydroxyl groups is 1. The molecule has 166 valence electrons. The Morgan fingerprint density at radius 1 is 0.750 bits per heavy atom. The van der Waals surface area contributed by atoms with Gasteiger partial charge in [-0.25, -0.2) is 0 Å². The van der Waals surface area contributed by atoms with Gasteiger partial charge in [0.05, 0.1) is 14.2 Å². The maximum Gasteiger partial charge on any atom is 0.239 e. The minimum atomic E-state index is -1.29. The number of methoxy groups -OCH3 is 2. The van der Waals surface area contributed by atoms with Crippen LogP contribution in [0, 0.1) is 0 Å². The summed E-state index contributed by atoms with van der Waals surface area (Å²) in [4.78, 5) is 0. The summed E-state index contributed by atoms with van der Waals surface area (Å²) < 4.78 is 22.0. The fourth-order valence-electron chi connectivity index (χ4n) is 3.42. The molecule has 0 aromatic heterocycles. The monoisotopic (exact) mass is 438 g/mol. The molecule has 2 unspecified atom stereocenters. The molecule has 2 atom stereocenters. The minimum absolute atomic E-state index is 0.0385. The Balaban J connectivity index is 1.63. The Labute approximate surface area is 184 Å². The molecule has 3 aromatic carbocycles. The van der Waals surface area contributed by atoms with Gasteiger partial charge in [0.25, 0.3) is 0 Å². The molecular formula is C24H22O8. The average molecular weight is 438 g/mol. The summed E-state index contributed by atoms with van der Waals surface area (Å²) in [5, 5.41) is 39.9. The van der Waals surface area contributed by atoms with Crippen LogP contribution in [0.3, 0.4) is 0 Å². The Morgan fingerprint density at radius 3 is 2.00 bits per heavy atom. The molecule has 0 saturated carbocycles. The predicted octanol–water partition coefficient (Wildman–Crippen LogP) is 3.82. The Bertz CT molecular complexity index is 1130. The van der Waals surface area contributed by atoms with Crippen LogP contribution in [0.5, 0.6) is 40.2 Å². The van der Waals surface area contributed by atoms with Gasteiger partial charge in [-0.2, -0.15) is 0 Å². The Kier molecular flexibility index (Phi) is 5.70. The van der Waals surface area contributed by atoms with Crippen LogP contribution in [0.25, 0.3) is 12.2 Å². The van der Waals surface area contributed by atoms with Gasteiger partial charge in [0.2, 0.25) is 12.0 Å². The van der Waals surface area contributed by atoms with E-state index < -0.39 is 12.4 Å². The smallest absolute Gasteiger partial charge is 0.239 e. The van der Waals surface area contributed by atoms with Gasteiger partial charge in [-0.1, -0.05) is 18.2 Å². The summed E-state index contributed by atoms with van der Waals surface area (Å²) in [6.07, 6.45) is 1.32. The second kappa shape index (κ2) is 8.60. The predicted molar refractivity (Wildman–Crippen MR) is 116 cm³/mol. The highest BCUT2D eigenvalue weighted by atomic mass is 16.7. The molecule has 8 nitrogen and oxygen atoms in total. The lowest BCUT2D eigenvalue weighted by Crippen LogP contribution is -2.32. The number of fused-ring (bicyclic) bond motifs is 1. The first-order chi connectivity index (χ1) is 15.4. The largest absolute Gasteiger partial charge is 0.508 e. The first-order valence-electron chi connectivity index (χ1n) is 9.69. The number of aromatic hydroxyl groups is 3. The highest BCUT2D eigenvalue weighted by Crippen LogP contribution is 2.44. The highest BCUT2D eigenvalue weighted by Gasteiger charge is 2.33. The fourth-order valence-corrected chi connectivity index (χ4v) is 3.42. The van der Waals surface area contributed by atoms with E-state index in [0.29, 0.717) is 22.6 Å². The first kappa shape index (κ1) is 21.2. The van der Waals surface area contributed by atoms with E-state index in [1.807, 2.05) is 0 Å². The average Bonchev–Trinajstić information content (AvgIpc) is 2.77. The number of ether oxygens (including phenoxy) is 4. The number of aliphatic hydroxyl groups excluding tert-OH is 1. The number of hydrogen-bond acceptors (Lipinski definition) is 8. The molecule has 8 heteroatoms. The van der Waals surface area contributed by atoms with Crippen LogP contribution in [0.1, 0.15) is 22.8 Å². The normalized spacial score (nSPS) is 17.3. The van der Waals surface area contributed by atoms with Crippen molar-refractivity contribution in [2.24, 2.45) is 0 Å². The standard InChI is InChI=1S/C24H22O8/c1-29-20-10-15(11-21(30-2)22(20)27)23-24(28)32-18-6-5-13(9-19(18)31-23)3-4-14-7-16(25)12-17(26)8-14/h3-12,23-28H,1-2H3. The van der Waals surface area contributed by atoms with Crippen molar-refractivity contribution in [2.45, 2.75) is 12.4 Å². The van der Waals surface area contributed by atoms with Crippen LogP contribution < -0.4 is 18.9 Å². The number of phenols is 3. The van der Waals surface area contributed by atoms with E-state index in [2.05, 4.69) is 0 Å². The summed E-state index contributed by atoms with van der Waals surface area (Å²) in [5.74, 6) is 0.896. The van der Waals surface area contributed by atoms with Gasteiger partial charge in [0.1, 0.15) is 11.5 Å². The molecule has 0 spiro atoms. The molecule has 3 aromatic rings.